The van der Waals surface area contributed by atoms with Gasteiger partial charge in [-0.15, -0.1) is 0 Å². The van der Waals surface area contributed by atoms with Crippen LogP contribution in [0.3, 0.4) is 0 Å². The van der Waals surface area contributed by atoms with E-state index in [9.17, 15) is 0 Å². The van der Waals surface area contributed by atoms with E-state index in [0.717, 1.165) is 37.5 Å². The average Bonchev–Trinajstić information content (AvgIpc) is 2.77. The lowest BCUT2D eigenvalue weighted by atomic mass is 10.3. The number of H-pyrrole nitrogens is 1. The molecule has 0 bridgehead atoms. The molecule has 0 spiro atoms. The van der Waals surface area contributed by atoms with E-state index in [4.69, 9.17) is 0 Å². The minimum atomic E-state index is 1.04. The third kappa shape index (κ3) is 1.57. The molecular weight excluding hydrogens is 188 g/mol. The molecular formula is C11H14N4. The van der Waals surface area contributed by atoms with E-state index in [0.29, 0.717) is 0 Å². The Morgan fingerprint density at radius 3 is 3.00 bits per heavy atom. The molecule has 4 heteroatoms. The Hall–Kier alpha value is -1.55. The maximum atomic E-state index is 4.47. The van der Waals surface area contributed by atoms with Gasteiger partial charge in [0.25, 0.3) is 0 Å². The van der Waals surface area contributed by atoms with Crippen molar-refractivity contribution in [3.63, 3.8) is 0 Å². The lowest BCUT2D eigenvalue weighted by Crippen LogP contribution is -2.43. The summed E-state index contributed by atoms with van der Waals surface area (Å²) in [5.74, 6) is 1.09. The molecule has 0 radical (unpaired) electrons. The Bertz CT molecular complexity index is 456. The molecule has 2 aromatic heterocycles. The van der Waals surface area contributed by atoms with Crippen molar-refractivity contribution in [1.29, 1.82) is 0 Å². The van der Waals surface area contributed by atoms with E-state index in [1.54, 1.807) is 0 Å². The van der Waals surface area contributed by atoms with Crippen molar-refractivity contribution in [2.75, 3.05) is 31.1 Å². The summed E-state index contributed by atoms with van der Waals surface area (Å²) in [5, 5.41) is 4.58. The van der Waals surface area contributed by atoms with Gasteiger partial charge in [0.05, 0.1) is 11.7 Å². The third-order valence-corrected chi connectivity index (χ3v) is 2.86. The molecule has 0 saturated carbocycles. The number of aromatic amines is 1. The first-order valence-corrected chi connectivity index (χ1v) is 5.32. The average molecular weight is 202 g/mol. The Labute approximate surface area is 88.3 Å². The monoisotopic (exact) mass is 202 g/mol. The first kappa shape index (κ1) is 8.73. The van der Waals surface area contributed by atoms with E-state index in [2.05, 4.69) is 32.3 Å². The highest BCUT2D eigenvalue weighted by Crippen LogP contribution is 2.18. The van der Waals surface area contributed by atoms with Crippen molar-refractivity contribution in [2.24, 2.45) is 0 Å². The highest BCUT2D eigenvalue weighted by Gasteiger charge is 2.11. The smallest absolute Gasteiger partial charge is 0.129 e. The number of nitrogens with zero attached hydrogens (tertiary/aromatic N) is 2. The molecule has 3 rings (SSSR count). The standard InChI is InChI=1S/C11H14N4/c1-2-13-10-8-14-11(7-9(1)10)15-5-3-12-4-6-15/h1-2,7-8,12-13H,3-6H2. The van der Waals surface area contributed by atoms with Crippen LogP contribution in [0.5, 0.6) is 0 Å². The maximum Gasteiger partial charge on any atom is 0.129 e. The molecule has 1 fully saturated rings. The number of piperazine rings is 1. The van der Waals surface area contributed by atoms with Gasteiger partial charge in [0.15, 0.2) is 0 Å². The molecule has 1 saturated heterocycles. The predicted molar refractivity (Wildman–Crippen MR) is 61.2 cm³/mol. The zero-order valence-electron chi connectivity index (χ0n) is 8.53. The summed E-state index contributed by atoms with van der Waals surface area (Å²) < 4.78 is 0. The van der Waals surface area contributed by atoms with Crippen molar-refractivity contribution in [1.82, 2.24) is 15.3 Å². The summed E-state index contributed by atoms with van der Waals surface area (Å²) in [6.45, 7) is 4.19. The molecule has 78 valence electrons. The van der Waals surface area contributed by atoms with Crippen LogP contribution < -0.4 is 10.2 Å². The molecule has 0 unspecified atom stereocenters. The van der Waals surface area contributed by atoms with Crippen LogP contribution >= 0.6 is 0 Å². The molecule has 0 amide bonds. The van der Waals surface area contributed by atoms with Crippen LogP contribution in [0.15, 0.2) is 24.5 Å². The molecule has 1 aliphatic rings. The summed E-state index contributed by atoms with van der Waals surface area (Å²) in [6, 6.07) is 4.24. The normalized spacial score (nSPS) is 17.2. The molecule has 0 aliphatic carbocycles. The number of rotatable bonds is 1. The predicted octanol–water partition coefficient (Wildman–Crippen LogP) is 0.972. The quantitative estimate of drug-likeness (QED) is 0.724. The number of fused-ring (bicyclic) bond motifs is 1. The van der Waals surface area contributed by atoms with Crippen LogP contribution in [-0.2, 0) is 0 Å². The van der Waals surface area contributed by atoms with Crippen LogP contribution in [-0.4, -0.2) is 36.1 Å². The van der Waals surface area contributed by atoms with Crippen molar-refractivity contribution in [2.45, 2.75) is 0 Å². The minimum absolute atomic E-state index is 1.04. The van der Waals surface area contributed by atoms with Crippen molar-refractivity contribution >= 4 is 16.7 Å². The second-order valence-corrected chi connectivity index (χ2v) is 3.84. The van der Waals surface area contributed by atoms with Gasteiger partial charge in [-0.3, -0.25) is 0 Å². The molecule has 4 nitrogen and oxygen atoms in total. The van der Waals surface area contributed by atoms with E-state index < -0.39 is 0 Å². The van der Waals surface area contributed by atoms with Gasteiger partial charge in [0, 0.05) is 37.8 Å². The zero-order valence-corrected chi connectivity index (χ0v) is 8.53. The molecule has 15 heavy (non-hydrogen) atoms. The van der Waals surface area contributed by atoms with Crippen LogP contribution in [0.4, 0.5) is 5.82 Å². The Kier molecular flexibility index (Phi) is 2.07. The molecule has 0 atom stereocenters. The van der Waals surface area contributed by atoms with E-state index in [1.165, 1.54) is 5.39 Å². The first-order valence-electron chi connectivity index (χ1n) is 5.32. The fraction of sp³-hybridized carbons (Fsp3) is 0.364. The number of anilines is 1. The highest BCUT2D eigenvalue weighted by molar-refractivity contribution is 5.81. The van der Waals surface area contributed by atoms with Crippen molar-refractivity contribution in [3.05, 3.63) is 24.5 Å². The van der Waals surface area contributed by atoms with Gasteiger partial charge in [-0.25, -0.2) is 4.98 Å². The van der Waals surface area contributed by atoms with Gasteiger partial charge < -0.3 is 15.2 Å². The fourth-order valence-electron chi connectivity index (χ4n) is 2.01. The second-order valence-electron chi connectivity index (χ2n) is 3.84. The number of pyridine rings is 1. The molecule has 0 aromatic carbocycles. The van der Waals surface area contributed by atoms with Gasteiger partial charge >= 0.3 is 0 Å². The number of aromatic nitrogens is 2. The third-order valence-electron chi connectivity index (χ3n) is 2.86. The Balaban J connectivity index is 1.95. The van der Waals surface area contributed by atoms with Crippen LogP contribution in [0, 0.1) is 0 Å². The van der Waals surface area contributed by atoms with Gasteiger partial charge in [-0.1, -0.05) is 0 Å². The molecule has 1 aliphatic heterocycles. The lowest BCUT2D eigenvalue weighted by molar-refractivity contribution is 0.585. The first-order chi connectivity index (χ1) is 7.43. The summed E-state index contributed by atoms with van der Waals surface area (Å²) in [5.41, 5.74) is 1.11. The fourth-order valence-corrected chi connectivity index (χ4v) is 2.01. The van der Waals surface area contributed by atoms with E-state index >= 15 is 0 Å². The number of hydrogen-bond donors (Lipinski definition) is 2. The van der Waals surface area contributed by atoms with Gasteiger partial charge in [-0.2, -0.15) is 0 Å². The molecule has 2 aromatic rings. The second kappa shape index (κ2) is 3.55. The summed E-state index contributed by atoms with van der Waals surface area (Å²) in [6.07, 6.45) is 3.86. The lowest BCUT2D eigenvalue weighted by Gasteiger charge is -2.28. The van der Waals surface area contributed by atoms with Gasteiger partial charge in [0.2, 0.25) is 0 Å². The van der Waals surface area contributed by atoms with Crippen LogP contribution in [0.1, 0.15) is 0 Å². The number of nitrogens with one attached hydrogen (secondary N) is 2. The van der Waals surface area contributed by atoms with E-state index in [1.807, 2.05) is 12.4 Å². The van der Waals surface area contributed by atoms with Gasteiger partial charge in [0.1, 0.15) is 5.82 Å². The topological polar surface area (TPSA) is 44.0 Å². The number of hydrogen-bond acceptors (Lipinski definition) is 3. The van der Waals surface area contributed by atoms with Crippen molar-refractivity contribution < 1.29 is 0 Å². The highest BCUT2D eigenvalue weighted by atomic mass is 15.2. The summed E-state index contributed by atoms with van der Waals surface area (Å²) >= 11 is 0. The largest absolute Gasteiger partial charge is 0.360 e. The van der Waals surface area contributed by atoms with Gasteiger partial charge in [-0.05, 0) is 12.1 Å². The SMILES string of the molecule is c1cc2cc(N3CCNCC3)ncc2[nH]1. The summed E-state index contributed by atoms with van der Waals surface area (Å²) in [7, 11) is 0. The Morgan fingerprint density at radius 2 is 2.13 bits per heavy atom. The van der Waals surface area contributed by atoms with Crippen LogP contribution in [0.25, 0.3) is 10.9 Å². The van der Waals surface area contributed by atoms with Crippen molar-refractivity contribution in [3.8, 4) is 0 Å². The zero-order chi connectivity index (χ0) is 10.1. The molecule has 3 heterocycles. The Morgan fingerprint density at radius 1 is 1.27 bits per heavy atom. The van der Waals surface area contributed by atoms with Crippen LogP contribution in [0.2, 0.25) is 0 Å². The minimum Gasteiger partial charge on any atom is -0.360 e. The van der Waals surface area contributed by atoms with E-state index in [-0.39, 0.29) is 0 Å². The molecule has 2 N–H and O–H groups in total. The summed E-state index contributed by atoms with van der Waals surface area (Å²) in [4.78, 5) is 9.95. The maximum absolute atomic E-state index is 4.47.